The molecule has 0 aromatic carbocycles. The van der Waals surface area contributed by atoms with Crippen molar-refractivity contribution in [1.29, 1.82) is 0 Å². The van der Waals surface area contributed by atoms with E-state index >= 15 is 0 Å². The SMILES string of the molecule is COc1ccc(C(=O)N2CCC(c3ncc[nH]3)CC2)cn1. The van der Waals surface area contributed by atoms with Crippen LogP contribution >= 0.6 is 0 Å². The smallest absolute Gasteiger partial charge is 0.255 e. The molecule has 1 fully saturated rings. The summed E-state index contributed by atoms with van der Waals surface area (Å²) in [5.41, 5.74) is 0.604. The highest BCUT2D eigenvalue weighted by molar-refractivity contribution is 5.94. The number of piperidine rings is 1. The van der Waals surface area contributed by atoms with Crippen molar-refractivity contribution in [3.05, 3.63) is 42.1 Å². The molecule has 0 bridgehead atoms. The molecular weight excluding hydrogens is 268 g/mol. The van der Waals surface area contributed by atoms with Crippen molar-refractivity contribution in [3.8, 4) is 5.88 Å². The van der Waals surface area contributed by atoms with Crippen LogP contribution in [0.5, 0.6) is 5.88 Å². The summed E-state index contributed by atoms with van der Waals surface area (Å²) in [5, 5.41) is 0. The van der Waals surface area contributed by atoms with Gasteiger partial charge < -0.3 is 14.6 Å². The third-order valence-corrected chi connectivity index (χ3v) is 3.88. The van der Waals surface area contributed by atoms with Gasteiger partial charge in [-0.15, -0.1) is 0 Å². The van der Waals surface area contributed by atoms with E-state index in [1.54, 1.807) is 31.6 Å². The Kier molecular flexibility index (Phi) is 3.85. The average Bonchev–Trinajstić information content (AvgIpc) is 3.09. The van der Waals surface area contributed by atoms with Crippen molar-refractivity contribution in [2.75, 3.05) is 20.2 Å². The Hall–Kier alpha value is -2.37. The number of carbonyl (C=O) groups excluding carboxylic acids is 1. The fourth-order valence-electron chi connectivity index (χ4n) is 2.67. The number of H-pyrrole nitrogens is 1. The van der Waals surface area contributed by atoms with Gasteiger partial charge in [0, 0.05) is 43.7 Å². The fraction of sp³-hybridized carbons (Fsp3) is 0.400. The number of amides is 1. The van der Waals surface area contributed by atoms with E-state index in [1.807, 2.05) is 11.1 Å². The lowest BCUT2D eigenvalue weighted by atomic mass is 9.96. The van der Waals surface area contributed by atoms with Crippen molar-refractivity contribution in [1.82, 2.24) is 19.9 Å². The minimum absolute atomic E-state index is 0.0306. The van der Waals surface area contributed by atoms with Gasteiger partial charge in [0.05, 0.1) is 12.7 Å². The minimum atomic E-state index is 0.0306. The Bertz CT molecular complexity index is 587. The molecule has 0 spiro atoms. The van der Waals surface area contributed by atoms with Crippen molar-refractivity contribution < 1.29 is 9.53 Å². The predicted octanol–water partition coefficient (Wildman–Crippen LogP) is 1.83. The zero-order valence-corrected chi connectivity index (χ0v) is 12.0. The third-order valence-electron chi connectivity index (χ3n) is 3.88. The molecule has 0 atom stereocenters. The summed E-state index contributed by atoms with van der Waals surface area (Å²) >= 11 is 0. The number of aromatic amines is 1. The van der Waals surface area contributed by atoms with E-state index in [4.69, 9.17) is 4.74 Å². The zero-order valence-electron chi connectivity index (χ0n) is 12.0. The lowest BCUT2D eigenvalue weighted by molar-refractivity contribution is 0.0710. The molecule has 6 heteroatoms. The average molecular weight is 286 g/mol. The Morgan fingerprint density at radius 3 is 2.71 bits per heavy atom. The summed E-state index contributed by atoms with van der Waals surface area (Å²) < 4.78 is 5.00. The molecule has 1 amide bonds. The fourth-order valence-corrected chi connectivity index (χ4v) is 2.67. The highest BCUT2D eigenvalue weighted by atomic mass is 16.5. The normalized spacial score (nSPS) is 16.0. The lowest BCUT2D eigenvalue weighted by Gasteiger charge is -2.31. The molecular formula is C15H18N4O2. The Morgan fingerprint density at radius 2 is 2.14 bits per heavy atom. The van der Waals surface area contributed by atoms with Crippen LogP contribution in [0.25, 0.3) is 0 Å². The maximum absolute atomic E-state index is 12.4. The largest absolute Gasteiger partial charge is 0.481 e. The number of ether oxygens (including phenoxy) is 1. The first-order chi connectivity index (χ1) is 10.3. The van der Waals surface area contributed by atoms with Crippen LogP contribution in [0.15, 0.2) is 30.7 Å². The van der Waals surface area contributed by atoms with Crippen LogP contribution in [0, 0.1) is 0 Å². The number of hydrogen-bond donors (Lipinski definition) is 1. The van der Waals surface area contributed by atoms with Crippen molar-refractivity contribution in [2.45, 2.75) is 18.8 Å². The van der Waals surface area contributed by atoms with E-state index in [9.17, 15) is 4.79 Å². The van der Waals surface area contributed by atoms with E-state index < -0.39 is 0 Å². The number of rotatable bonds is 3. The number of imidazole rings is 1. The van der Waals surface area contributed by atoms with Gasteiger partial charge in [-0.3, -0.25) is 4.79 Å². The number of aromatic nitrogens is 3. The lowest BCUT2D eigenvalue weighted by Crippen LogP contribution is -2.38. The van der Waals surface area contributed by atoms with Gasteiger partial charge in [-0.1, -0.05) is 0 Å². The van der Waals surface area contributed by atoms with Crippen molar-refractivity contribution in [3.63, 3.8) is 0 Å². The number of pyridine rings is 1. The second kappa shape index (κ2) is 5.95. The molecule has 3 heterocycles. The van der Waals surface area contributed by atoms with Gasteiger partial charge in [-0.05, 0) is 18.9 Å². The number of methoxy groups -OCH3 is 1. The Morgan fingerprint density at radius 1 is 1.33 bits per heavy atom. The second-order valence-corrected chi connectivity index (χ2v) is 5.13. The Labute approximate surface area is 123 Å². The van der Waals surface area contributed by atoms with E-state index in [1.165, 1.54) is 0 Å². The van der Waals surface area contributed by atoms with Gasteiger partial charge in [0.2, 0.25) is 5.88 Å². The minimum Gasteiger partial charge on any atom is -0.481 e. The van der Waals surface area contributed by atoms with E-state index in [0.717, 1.165) is 31.8 Å². The second-order valence-electron chi connectivity index (χ2n) is 5.13. The summed E-state index contributed by atoms with van der Waals surface area (Å²) in [6.07, 6.45) is 7.05. The van der Waals surface area contributed by atoms with E-state index in [-0.39, 0.29) is 5.91 Å². The van der Waals surface area contributed by atoms with E-state index in [2.05, 4.69) is 15.0 Å². The summed E-state index contributed by atoms with van der Waals surface area (Å²) in [7, 11) is 1.56. The molecule has 21 heavy (non-hydrogen) atoms. The monoisotopic (exact) mass is 286 g/mol. The Balaban J connectivity index is 1.62. The number of nitrogens with zero attached hydrogens (tertiary/aromatic N) is 3. The molecule has 1 aliphatic heterocycles. The standard InChI is InChI=1S/C15H18N4O2/c1-21-13-3-2-12(10-18-13)15(20)19-8-4-11(5-9-19)14-16-6-7-17-14/h2-3,6-7,10-11H,4-5,8-9H2,1H3,(H,16,17). The highest BCUT2D eigenvalue weighted by Gasteiger charge is 2.25. The molecule has 0 aliphatic carbocycles. The number of carbonyl (C=O) groups is 1. The maximum Gasteiger partial charge on any atom is 0.255 e. The first kappa shape index (κ1) is 13.6. The molecule has 110 valence electrons. The van der Waals surface area contributed by atoms with E-state index in [0.29, 0.717) is 17.4 Å². The van der Waals surface area contributed by atoms with Crippen molar-refractivity contribution in [2.24, 2.45) is 0 Å². The molecule has 2 aromatic heterocycles. The predicted molar refractivity (Wildman–Crippen MR) is 77.3 cm³/mol. The van der Waals surface area contributed by atoms with Gasteiger partial charge in [0.25, 0.3) is 5.91 Å². The van der Waals surface area contributed by atoms with Crippen LogP contribution in [-0.2, 0) is 0 Å². The van der Waals surface area contributed by atoms with Gasteiger partial charge >= 0.3 is 0 Å². The van der Waals surface area contributed by atoms with Gasteiger partial charge in [0.15, 0.2) is 0 Å². The van der Waals surface area contributed by atoms with Crippen LogP contribution in [0.1, 0.15) is 34.9 Å². The molecule has 1 saturated heterocycles. The topological polar surface area (TPSA) is 71.1 Å². The maximum atomic E-state index is 12.4. The molecule has 2 aromatic rings. The van der Waals surface area contributed by atoms with Gasteiger partial charge in [-0.25, -0.2) is 9.97 Å². The van der Waals surface area contributed by atoms with Gasteiger partial charge in [0.1, 0.15) is 5.82 Å². The van der Waals surface area contributed by atoms with Crippen LogP contribution in [-0.4, -0.2) is 46.0 Å². The molecule has 1 aliphatic rings. The number of likely N-dealkylation sites (tertiary alicyclic amines) is 1. The third kappa shape index (κ3) is 2.89. The molecule has 3 rings (SSSR count). The van der Waals surface area contributed by atoms with Crippen LogP contribution in [0.2, 0.25) is 0 Å². The summed E-state index contributed by atoms with van der Waals surface area (Å²) in [6.45, 7) is 1.49. The first-order valence-corrected chi connectivity index (χ1v) is 7.06. The number of nitrogens with one attached hydrogen (secondary N) is 1. The molecule has 6 nitrogen and oxygen atoms in total. The zero-order chi connectivity index (χ0) is 14.7. The molecule has 0 saturated carbocycles. The molecule has 1 N–H and O–H groups in total. The summed E-state index contributed by atoms with van der Waals surface area (Å²) in [5.74, 6) is 1.98. The van der Waals surface area contributed by atoms with Crippen molar-refractivity contribution >= 4 is 5.91 Å². The molecule has 0 radical (unpaired) electrons. The quantitative estimate of drug-likeness (QED) is 0.934. The summed E-state index contributed by atoms with van der Waals surface area (Å²) in [6, 6.07) is 3.47. The van der Waals surface area contributed by atoms with Crippen LogP contribution < -0.4 is 4.74 Å². The first-order valence-electron chi connectivity index (χ1n) is 7.06. The molecule has 0 unspecified atom stereocenters. The van der Waals surface area contributed by atoms with Gasteiger partial charge in [-0.2, -0.15) is 0 Å². The highest BCUT2D eigenvalue weighted by Crippen LogP contribution is 2.26. The number of hydrogen-bond acceptors (Lipinski definition) is 4. The summed E-state index contributed by atoms with van der Waals surface area (Å²) in [4.78, 5) is 25.8. The van der Waals surface area contributed by atoms with Crippen LogP contribution in [0.4, 0.5) is 0 Å². The van der Waals surface area contributed by atoms with Crippen LogP contribution in [0.3, 0.4) is 0 Å².